The Morgan fingerprint density at radius 2 is 1.40 bits per heavy atom. The number of aromatic nitrogens is 4. The zero-order valence-electron chi connectivity index (χ0n) is 20.5. The summed E-state index contributed by atoms with van der Waals surface area (Å²) in [7, 11) is 0. The maximum Gasteiger partial charge on any atom is 0.330 e. The molecular formula is C22H25Br2N7O9. The summed E-state index contributed by atoms with van der Waals surface area (Å²) in [6, 6.07) is -0.570. The number of H-pyrrole nitrogens is 2. The molecule has 216 valence electrons. The van der Waals surface area contributed by atoms with Crippen LogP contribution in [0.4, 0.5) is 0 Å². The Kier molecular flexibility index (Phi) is 11.4. The van der Waals surface area contributed by atoms with Gasteiger partial charge in [-0.25, -0.2) is 9.59 Å². The summed E-state index contributed by atoms with van der Waals surface area (Å²) in [6.45, 7) is -0.656. The number of hydrogen-bond acceptors (Lipinski definition) is 10. The van der Waals surface area contributed by atoms with Crippen molar-refractivity contribution in [3.63, 3.8) is 0 Å². The predicted octanol–water partition coefficient (Wildman–Crippen LogP) is 0.404. The molecule has 0 unspecified atom stereocenters. The fraction of sp³-hybridized carbons (Fsp3) is 0.455. The van der Waals surface area contributed by atoms with E-state index < -0.39 is 59.3 Å². The van der Waals surface area contributed by atoms with Gasteiger partial charge in [0.1, 0.15) is 18.6 Å². The van der Waals surface area contributed by atoms with Crippen molar-refractivity contribution < 1.29 is 24.8 Å². The number of ether oxygens (including phenoxy) is 2. The lowest BCUT2D eigenvalue weighted by Crippen LogP contribution is -2.33. The first-order valence-electron chi connectivity index (χ1n) is 11.7. The summed E-state index contributed by atoms with van der Waals surface area (Å²) in [5, 5.41) is 31.4. The molecule has 0 amide bonds. The Morgan fingerprint density at radius 1 is 0.925 bits per heavy atom. The Bertz CT molecular complexity index is 1530. The van der Waals surface area contributed by atoms with Gasteiger partial charge in [-0.1, -0.05) is 37.0 Å². The van der Waals surface area contributed by atoms with Gasteiger partial charge in [0.2, 0.25) is 0 Å². The third-order valence-corrected chi connectivity index (χ3v) is 6.59. The van der Waals surface area contributed by atoms with E-state index in [2.05, 4.69) is 51.9 Å². The molecule has 0 aliphatic carbocycles. The first-order valence-corrected chi connectivity index (χ1v) is 13.5. The largest absolute Gasteiger partial charge is 0.394 e. The van der Waals surface area contributed by atoms with Crippen molar-refractivity contribution in [1.29, 1.82) is 0 Å². The summed E-state index contributed by atoms with van der Waals surface area (Å²) in [4.78, 5) is 56.7. The minimum Gasteiger partial charge on any atom is -0.394 e. The molecule has 0 bridgehead atoms. The fourth-order valence-corrected chi connectivity index (χ4v) is 4.66. The van der Waals surface area contributed by atoms with E-state index in [1.807, 2.05) is 0 Å². The quantitative estimate of drug-likeness (QED) is 0.153. The van der Waals surface area contributed by atoms with Crippen molar-refractivity contribution >= 4 is 44.0 Å². The molecule has 4 heterocycles. The highest BCUT2D eigenvalue weighted by molar-refractivity contribution is 9.11. The van der Waals surface area contributed by atoms with E-state index in [1.54, 1.807) is 0 Å². The van der Waals surface area contributed by atoms with Crippen molar-refractivity contribution in [3.05, 3.63) is 85.6 Å². The van der Waals surface area contributed by atoms with Crippen LogP contribution in [-0.2, 0) is 9.47 Å². The molecule has 0 aromatic carbocycles. The van der Waals surface area contributed by atoms with Crippen LogP contribution in [0.15, 0.2) is 46.7 Å². The number of rotatable bonds is 7. The van der Waals surface area contributed by atoms with Crippen LogP contribution in [0, 0.1) is 0 Å². The summed E-state index contributed by atoms with van der Waals surface area (Å²) >= 11 is 6.11. The molecule has 4 rings (SSSR count). The van der Waals surface area contributed by atoms with Crippen molar-refractivity contribution in [2.45, 2.75) is 49.7 Å². The topological polar surface area (TPSA) is 238 Å². The first-order chi connectivity index (χ1) is 19.2. The van der Waals surface area contributed by atoms with Crippen LogP contribution >= 0.6 is 31.9 Å². The lowest BCUT2D eigenvalue weighted by molar-refractivity contribution is -0.0459. The van der Waals surface area contributed by atoms with Gasteiger partial charge in [0.05, 0.1) is 42.6 Å². The van der Waals surface area contributed by atoms with E-state index >= 15 is 0 Å². The van der Waals surface area contributed by atoms with Gasteiger partial charge in [0, 0.05) is 30.1 Å². The molecule has 2 fully saturated rings. The number of hydrogen-bond donors (Lipinski definition) is 5. The number of halogens is 2. The van der Waals surface area contributed by atoms with E-state index in [0.717, 1.165) is 0 Å². The van der Waals surface area contributed by atoms with Crippen LogP contribution < -0.4 is 22.5 Å². The molecule has 40 heavy (non-hydrogen) atoms. The first kappa shape index (κ1) is 31.4. The summed E-state index contributed by atoms with van der Waals surface area (Å²) in [5.41, 5.74) is 6.77. The third-order valence-electron chi connectivity index (χ3n) is 6.06. The number of aliphatic hydroxyl groups excluding tert-OH is 3. The Labute approximate surface area is 241 Å². The van der Waals surface area contributed by atoms with Crippen LogP contribution in [-0.4, -0.2) is 72.0 Å². The molecule has 5 N–H and O–H groups in total. The Morgan fingerprint density at radius 3 is 1.82 bits per heavy atom. The third kappa shape index (κ3) is 7.35. The van der Waals surface area contributed by atoms with Crippen LogP contribution in [0.5, 0.6) is 0 Å². The average Bonchev–Trinajstić information content (AvgIpc) is 3.50. The van der Waals surface area contributed by atoms with Gasteiger partial charge in [-0.05, 0) is 27.7 Å². The zero-order chi connectivity index (χ0) is 29.4. The lowest BCUT2D eigenvalue weighted by atomic mass is 10.1. The van der Waals surface area contributed by atoms with E-state index in [-0.39, 0.29) is 37.2 Å². The zero-order valence-corrected chi connectivity index (χ0v) is 23.7. The second-order valence-electron chi connectivity index (χ2n) is 8.52. The molecule has 0 radical (unpaired) electrons. The number of aromatic amines is 2. The fourth-order valence-electron chi connectivity index (χ4n) is 4.09. The highest BCUT2D eigenvalue weighted by Gasteiger charge is 2.36. The summed E-state index contributed by atoms with van der Waals surface area (Å²) in [5.74, 6) is 0. The molecule has 2 aromatic rings. The van der Waals surface area contributed by atoms with Gasteiger partial charge in [0.15, 0.2) is 0 Å². The maximum absolute atomic E-state index is 11.9. The predicted molar refractivity (Wildman–Crippen MR) is 149 cm³/mol. The number of azide groups is 1. The van der Waals surface area contributed by atoms with E-state index in [0.29, 0.717) is 0 Å². The molecule has 2 saturated heterocycles. The van der Waals surface area contributed by atoms with Crippen molar-refractivity contribution in [1.82, 2.24) is 19.1 Å². The second kappa shape index (κ2) is 14.5. The number of aliphatic hydroxyl groups is 3. The van der Waals surface area contributed by atoms with E-state index in [9.17, 15) is 29.4 Å². The van der Waals surface area contributed by atoms with E-state index in [4.69, 9.17) is 20.1 Å². The molecule has 18 heteroatoms. The van der Waals surface area contributed by atoms with Gasteiger partial charge < -0.3 is 24.8 Å². The number of nitrogens with one attached hydrogen (secondary N) is 2. The second-order valence-corrected chi connectivity index (χ2v) is 9.58. The van der Waals surface area contributed by atoms with Crippen molar-refractivity contribution in [2.24, 2.45) is 5.11 Å². The molecule has 16 nitrogen and oxygen atoms in total. The molecule has 2 aliphatic heterocycles. The molecular weight excluding hydrogens is 666 g/mol. The highest BCUT2D eigenvalue weighted by Crippen LogP contribution is 2.30. The standard InChI is InChI=1S/C11H12BrN5O4.C11H13BrN2O5/c12-2-1-6-4-17(11(20)14-10(6)19)9-3-7(15-16-13)8(5-18)21-9;12-2-1-6-4-14(11(18)13-10(6)17)9-3-7(16)8(5-15)19-9/h1-2,4,7-9,18H,3,5H2,(H,14,19,20);1-2,4,7-9,15-16H,3,5H2,(H,13,17,18)/t2*7-,8+,9+/m00/s1. The Balaban J connectivity index is 0.000000222. The van der Waals surface area contributed by atoms with Gasteiger partial charge in [0.25, 0.3) is 11.1 Å². The minimum atomic E-state index is -0.844. The molecule has 0 saturated carbocycles. The highest BCUT2D eigenvalue weighted by atomic mass is 79.9. The van der Waals surface area contributed by atoms with Gasteiger partial charge in [-0.3, -0.25) is 28.7 Å². The minimum absolute atomic E-state index is 0.175. The van der Waals surface area contributed by atoms with Gasteiger partial charge in [-0.15, -0.1) is 0 Å². The molecule has 2 aromatic heterocycles. The lowest BCUT2D eigenvalue weighted by Gasteiger charge is -2.14. The Hall–Kier alpha value is -3.09. The normalized spacial score (nSPS) is 26.1. The van der Waals surface area contributed by atoms with Gasteiger partial charge >= 0.3 is 11.4 Å². The van der Waals surface area contributed by atoms with Crippen molar-refractivity contribution in [2.75, 3.05) is 13.2 Å². The van der Waals surface area contributed by atoms with Crippen LogP contribution in [0.1, 0.15) is 36.4 Å². The maximum atomic E-state index is 11.9. The number of nitrogens with zero attached hydrogens (tertiary/aromatic N) is 5. The van der Waals surface area contributed by atoms with Crippen LogP contribution in [0.2, 0.25) is 0 Å². The van der Waals surface area contributed by atoms with Crippen LogP contribution in [0.3, 0.4) is 0 Å². The van der Waals surface area contributed by atoms with Crippen molar-refractivity contribution in [3.8, 4) is 0 Å². The smallest absolute Gasteiger partial charge is 0.330 e. The monoisotopic (exact) mass is 689 g/mol. The van der Waals surface area contributed by atoms with Crippen LogP contribution in [0.25, 0.3) is 22.6 Å². The summed E-state index contributed by atoms with van der Waals surface area (Å²) in [6.07, 6.45) is 2.42. The average molecular weight is 691 g/mol. The SMILES string of the molecule is O=c1[nH]c(=O)n([C@H]2C[C@H](O)[C@@H](CO)O2)cc1C=CBr.[N-]=[N+]=N[C@H]1C[C@H](n2cc(C=CBr)c(=O)[nH]c2=O)O[C@@H]1CO. The summed E-state index contributed by atoms with van der Waals surface area (Å²) < 4.78 is 13.3. The van der Waals surface area contributed by atoms with E-state index in [1.165, 1.54) is 43.7 Å². The molecule has 2 aliphatic rings. The molecule has 0 spiro atoms. The van der Waals surface area contributed by atoms with Gasteiger partial charge in [-0.2, -0.15) is 0 Å². The molecule has 6 atom stereocenters.